The van der Waals surface area contributed by atoms with Crippen LogP contribution < -0.4 is 15.5 Å². The molecule has 6 rings (SSSR count). The molecule has 3 heterocycles. The van der Waals surface area contributed by atoms with E-state index in [1.807, 2.05) is 66.7 Å². The summed E-state index contributed by atoms with van der Waals surface area (Å²) in [7, 11) is -3.57. The quantitative estimate of drug-likeness (QED) is 0.295. The van der Waals surface area contributed by atoms with Gasteiger partial charge in [0.15, 0.2) is 0 Å². The number of nitrogens with zero attached hydrogens (tertiary/aromatic N) is 5. The summed E-state index contributed by atoms with van der Waals surface area (Å²) >= 11 is 0. The smallest absolute Gasteiger partial charge is 0.247 e. The summed E-state index contributed by atoms with van der Waals surface area (Å²) in [5.74, 6) is 0.806. The molecule has 1 aliphatic heterocycles. The van der Waals surface area contributed by atoms with Crippen molar-refractivity contribution < 1.29 is 13.2 Å². The Morgan fingerprint density at radius 3 is 2.30 bits per heavy atom. The van der Waals surface area contributed by atoms with Gasteiger partial charge in [0.2, 0.25) is 20.9 Å². The molecule has 1 atom stereocenters. The van der Waals surface area contributed by atoms with Crippen LogP contribution in [-0.4, -0.2) is 35.3 Å². The maximum absolute atomic E-state index is 12.0. The second-order valence-corrected chi connectivity index (χ2v) is 11.0. The van der Waals surface area contributed by atoms with E-state index in [0.29, 0.717) is 17.0 Å². The van der Waals surface area contributed by atoms with Crippen molar-refractivity contribution in [2.45, 2.75) is 11.3 Å². The van der Waals surface area contributed by atoms with E-state index in [1.165, 1.54) is 6.20 Å². The third-order valence-electron chi connectivity index (χ3n) is 6.38. The monoisotopic (exact) mass is 548 g/mol. The summed E-state index contributed by atoms with van der Waals surface area (Å²) in [5, 5.41) is 6.48. The molecule has 2 N–H and O–H groups in total. The van der Waals surface area contributed by atoms with Gasteiger partial charge in [0.25, 0.3) is 0 Å². The van der Waals surface area contributed by atoms with Crippen molar-refractivity contribution in [2.75, 3.05) is 11.3 Å². The lowest BCUT2D eigenvalue weighted by Crippen LogP contribution is -2.36. The molecule has 0 aliphatic carbocycles. The molecular weight excluding hydrogens is 524 g/mol. The van der Waals surface area contributed by atoms with Gasteiger partial charge >= 0.3 is 0 Å². The number of benzene rings is 3. The molecule has 0 amide bonds. The van der Waals surface area contributed by atoms with Crippen molar-refractivity contribution in [3.8, 4) is 22.9 Å². The van der Waals surface area contributed by atoms with Crippen molar-refractivity contribution in [1.29, 1.82) is 0 Å². The molecule has 1 unspecified atom stereocenters. The van der Waals surface area contributed by atoms with Gasteiger partial charge < -0.3 is 10.5 Å². The Bertz CT molecular complexity index is 1830. The lowest BCUT2D eigenvalue weighted by atomic mass is 9.94. The average Bonchev–Trinajstić information content (AvgIpc) is 2.98. The third kappa shape index (κ3) is 4.93. The van der Waals surface area contributed by atoms with E-state index in [9.17, 15) is 8.42 Å². The highest BCUT2D eigenvalue weighted by Crippen LogP contribution is 2.35. The number of rotatable bonds is 6. The van der Waals surface area contributed by atoms with Gasteiger partial charge in [-0.05, 0) is 42.5 Å². The number of hydrazone groups is 1. The van der Waals surface area contributed by atoms with Crippen LogP contribution in [-0.2, 0) is 9.84 Å². The zero-order valence-corrected chi connectivity index (χ0v) is 22.2. The number of pyridine rings is 1. The molecule has 3 aromatic carbocycles. The molecule has 9 nitrogen and oxygen atoms in total. The topological polar surface area (TPSA) is 124 Å². The van der Waals surface area contributed by atoms with Crippen molar-refractivity contribution in [3.05, 3.63) is 126 Å². The number of sulfone groups is 1. The summed E-state index contributed by atoms with van der Waals surface area (Å²) in [6.07, 6.45) is 3.58. The standard InChI is InChI=1S/C30H24N6O3S/c1-40(37,38)30-33-19-17-26(34-30)25-12-7-18-32-29(25)39-22-15-13-21(14-16-22)36-28(31)24-11-6-5-10-23(24)27(35-36)20-8-3-2-4-9-20/h2-19,28H,31H2,1H3. The molecule has 0 radical (unpaired) electrons. The largest absolute Gasteiger partial charge is 0.438 e. The minimum Gasteiger partial charge on any atom is -0.438 e. The normalized spacial score (nSPS) is 14.8. The zero-order valence-electron chi connectivity index (χ0n) is 21.4. The van der Waals surface area contributed by atoms with E-state index in [4.69, 9.17) is 15.6 Å². The maximum atomic E-state index is 12.0. The minimum atomic E-state index is -3.57. The summed E-state index contributed by atoms with van der Waals surface area (Å²) in [5.41, 5.74) is 12.2. The van der Waals surface area contributed by atoms with Gasteiger partial charge in [0, 0.05) is 35.3 Å². The number of hydrogen-bond donors (Lipinski definition) is 1. The molecule has 0 spiro atoms. The minimum absolute atomic E-state index is 0.265. The van der Waals surface area contributed by atoms with E-state index >= 15 is 0 Å². The fourth-order valence-electron chi connectivity index (χ4n) is 4.47. The van der Waals surface area contributed by atoms with Crippen LogP contribution in [0.3, 0.4) is 0 Å². The Hall–Kier alpha value is -4.93. The molecule has 1 aliphatic rings. The van der Waals surface area contributed by atoms with Gasteiger partial charge in [0.05, 0.1) is 22.7 Å². The van der Waals surface area contributed by atoms with E-state index in [-0.39, 0.29) is 11.0 Å². The van der Waals surface area contributed by atoms with Gasteiger partial charge in [-0.1, -0.05) is 54.6 Å². The molecule has 2 aromatic heterocycles. The first-order chi connectivity index (χ1) is 19.4. The number of anilines is 1. The third-order valence-corrected chi connectivity index (χ3v) is 7.24. The second-order valence-electron chi connectivity index (χ2n) is 9.14. The number of ether oxygens (including phenoxy) is 1. The first kappa shape index (κ1) is 25.4. The predicted molar refractivity (Wildman–Crippen MR) is 153 cm³/mol. The van der Waals surface area contributed by atoms with E-state index in [0.717, 1.165) is 34.3 Å². The first-order valence-corrected chi connectivity index (χ1v) is 14.3. The van der Waals surface area contributed by atoms with Crippen LogP contribution >= 0.6 is 0 Å². The molecular formula is C30H24N6O3S. The van der Waals surface area contributed by atoms with Gasteiger partial charge in [-0.15, -0.1) is 0 Å². The number of aromatic nitrogens is 3. The van der Waals surface area contributed by atoms with Crippen molar-refractivity contribution >= 4 is 21.2 Å². The number of nitrogens with two attached hydrogens (primary N) is 1. The molecule has 0 saturated heterocycles. The SMILES string of the molecule is CS(=O)(=O)c1nccc(-c2cccnc2Oc2ccc(N3N=C(c4ccccc4)c4ccccc4C3N)cc2)n1. The van der Waals surface area contributed by atoms with Crippen LogP contribution in [0, 0.1) is 0 Å². The van der Waals surface area contributed by atoms with Crippen LogP contribution in [0.15, 0.2) is 120 Å². The lowest BCUT2D eigenvalue weighted by molar-refractivity contribution is 0.464. The van der Waals surface area contributed by atoms with Gasteiger partial charge in [-0.25, -0.2) is 28.4 Å². The molecule has 198 valence electrons. The Balaban J connectivity index is 1.31. The summed E-state index contributed by atoms with van der Waals surface area (Å²) in [6.45, 7) is 0. The molecule has 0 bridgehead atoms. The van der Waals surface area contributed by atoms with Gasteiger partial charge in [-0.3, -0.25) is 0 Å². The molecule has 40 heavy (non-hydrogen) atoms. The highest BCUT2D eigenvalue weighted by Gasteiger charge is 2.27. The lowest BCUT2D eigenvalue weighted by Gasteiger charge is -2.33. The van der Waals surface area contributed by atoms with Crippen molar-refractivity contribution in [1.82, 2.24) is 15.0 Å². The Morgan fingerprint density at radius 2 is 1.52 bits per heavy atom. The highest BCUT2D eigenvalue weighted by atomic mass is 32.2. The van der Waals surface area contributed by atoms with Crippen LogP contribution in [0.5, 0.6) is 11.6 Å². The molecule has 0 saturated carbocycles. The molecule has 10 heteroatoms. The number of hydrogen-bond acceptors (Lipinski definition) is 9. The second kappa shape index (κ2) is 10.3. The molecule has 0 fully saturated rings. The fraction of sp³-hybridized carbons (Fsp3) is 0.0667. The van der Waals surface area contributed by atoms with Crippen LogP contribution in [0.1, 0.15) is 22.9 Å². The Kier molecular flexibility index (Phi) is 6.54. The van der Waals surface area contributed by atoms with Crippen molar-refractivity contribution in [3.63, 3.8) is 0 Å². The van der Waals surface area contributed by atoms with Crippen LogP contribution in [0.4, 0.5) is 5.69 Å². The summed E-state index contributed by atoms with van der Waals surface area (Å²) < 4.78 is 30.0. The first-order valence-electron chi connectivity index (χ1n) is 12.4. The van der Waals surface area contributed by atoms with E-state index in [2.05, 4.69) is 15.0 Å². The Labute approximate surface area is 231 Å². The zero-order chi connectivity index (χ0) is 27.7. The van der Waals surface area contributed by atoms with E-state index < -0.39 is 16.0 Å². The summed E-state index contributed by atoms with van der Waals surface area (Å²) in [6, 6.07) is 30.5. The molecule has 5 aromatic rings. The van der Waals surface area contributed by atoms with Crippen molar-refractivity contribution in [2.24, 2.45) is 10.8 Å². The highest BCUT2D eigenvalue weighted by molar-refractivity contribution is 7.90. The van der Waals surface area contributed by atoms with Crippen LogP contribution in [0.25, 0.3) is 11.3 Å². The Morgan fingerprint density at radius 1 is 0.800 bits per heavy atom. The van der Waals surface area contributed by atoms with Crippen LogP contribution in [0.2, 0.25) is 0 Å². The average molecular weight is 549 g/mol. The summed E-state index contributed by atoms with van der Waals surface area (Å²) in [4.78, 5) is 12.4. The number of fused-ring (bicyclic) bond motifs is 1. The predicted octanol–water partition coefficient (Wildman–Crippen LogP) is 4.96. The van der Waals surface area contributed by atoms with E-state index in [1.54, 1.807) is 41.5 Å². The van der Waals surface area contributed by atoms with Gasteiger partial charge in [-0.2, -0.15) is 5.10 Å². The fourth-order valence-corrected chi connectivity index (χ4v) is 4.99. The van der Waals surface area contributed by atoms with Gasteiger partial charge in [0.1, 0.15) is 11.9 Å². The maximum Gasteiger partial charge on any atom is 0.247 e.